The van der Waals surface area contributed by atoms with E-state index in [2.05, 4.69) is 0 Å². The quantitative estimate of drug-likeness (QED) is 0.841. The number of hydrazone groups is 1. The highest BCUT2D eigenvalue weighted by molar-refractivity contribution is 6.16. The molecule has 2 amide bonds. The first-order valence-electron chi connectivity index (χ1n) is 9.07. The molecule has 2 aromatic rings. The Morgan fingerprint density at radius 2 is 1.93 bits per heavy atom. The highest BCUT2D eigenvalue weighted by Gasteiger charge is 2.38. The van der Waals surface area contributed by atoms with Crippen LogP contribution in [-0.2, 0) is 9.59 Å². The predicted molar refractivity (Wildman–Crippen MR) is 104 cm³/mol. The average molecular weight is 363 g/mol. The molecule has 0 fully saturated rings. The Morgan fingerprint density at radius 3 is 2.63 bits per heavy atom. The summed E-state index contributed by atoms with van der Waals surface area (Å²) in [7, 11) is 1.61. The van der Waals surface area contributed by atoms with Crippen molar-refractivity contribution in [3.63, 3.8) is 0 Å². The Hall–Kier alpha value is -3.15. The molecule has 0 saturated heterocycles. The largest absolute Gasteiger partial charge is 0.497 e. The molecule has 0 radical (unpaired) electrons. The minimum absolute atomic E-state index is 0.0616. The van der Waals surface area contributed by atoms with E-state index in [-0.39, 0.29) is 17.7 Å². The van der Waals surface area contributed by atoms with Crippen molar-refractivity contribution >= 4 is 28.9 Å². The number of amides is 2. The molecule has 6 nitrogen and oxygen atoms in total. The van der Waals surface area contributed by atoms with Crippen LogP contribution >= 0.6 is 0 Å². The van der Waals surface area contributed by atoms with Crippen LogP contribution in [0.3, 0.4) is 0 Å². The van der Waals surface area contributed by atoms with Crippen LogP contribution in [0.2, 0.25) is 0 Å². The van der Waals surface area contributed by atoms with Crippen molar-refractivity contribution in [2.45, 2.75) is 19.8 Å². The molecule has 4 rings (SSSR count). The molecular formula is C21H21N3O3. The summed E-state index contributed by atoms with van der Waals surface area (Å²) in [6.07, 6.45) is 0.756. The smallest absolute Gasteiger partial charge is 0.248 e. The number of carbonyl (C=O) groups excluding carboxylic acids is 2. The molecule has 2 aliphatic heterocycles. The number of benzene rings is 2. The van der Waals surface area contributed by atoms with Crippen molar-refractivity contribution in [2.75, 3.05) is 23.6 Å². The molecule has 2 aliphatic rings. The Bertz CT molecular complexity index is 921. The van der Waals surface area contributed by atoms with Gasteiger partial charge in [-0.05, 0) is 30.3 Å². The minimum Gasteiger partial charge on any atom is -0.497 e. The lowest BCUT2D eigenvalue weighted by Crippen LogP contribution is -2.48. The molecule has 27 heavy (non-hydrogen) atoms. The second kappa shape index (κ2) is 6.87. The number of nitrogens with zero attached hydrogens (tertiary/aromatic N) is 3. The number of carbonyl (C=O) groups is 2. The molecule has 0 aliphatic carbocycles. The van der Waals surface area contributed by atoms with Gasteiger partial charge in [0.15, 0.2) is 0 Å². The van der Waals surface area contributed by atoms with Crippen LogP contribution in [0.1, 0.15) is 25.3 Å². The van der Waals surface area contributed by atoms with Crippen molar-refractivity contribution in [1.29, 1.82) is 0 Å². The maximum Gasteiger partial charge on any atom is 0.248 e. The third-order valence-electron chi connectivity index (χ3n) is 5.05. The molecule has 2 heterocycles. The summed E-state index contributed by atoms with van der Waals surface area (Å²) in [6, 6.07) is 15.0. The second-order valence-corrected chi connectivity index (χ2v) is 6.66. The third-order valence-corrected chi connectivity index (χ3v) is 5.05. The van der Waals surface area contributed by atoms with E-state index in [1.165, 1.54) is 5.01 Å². The Labute approximate surface area is 158 Å². The lowest BCUT2D eigenvalue weighted by atomic mass is 9.86. The van der Waals surface area contributed by atoms with Crippen LogP contribution in [0.25, 0.3) is 0 Å². The monoisotopic (exact) mass is 363 g/mol. The third kappa shape index (κ3) is 2.97. The summed E-state index contributed by atoms with van der Waals surface area (Å²) in [6.45, 7) is 2.34. The summed E-state index contributed by atoms with van der Waals surface area (Å²) in [4.78, 5) is 26.9. The van der Waals surface area contributed by atoms with Gasteiger partial charge >= 0.3 is 0 Å². The van der Waals surface area contributed by atoms with Gasteiger partial charge in [-0.25, -0.2) is 5.01 Å². The van der Waals surface area contributed by atoms with Gasteiger partial charge in [-0.3, -0.25) is 9.59 Å². The van der Waals surface area contributed by atoms with E-state index in [0.29, 0.717) is 25.1 Å². The number of para-hydroxylation sites is 1. The van der Waals surface area contributed by atoms with Gasteiger partial charge in [0.25, 0.3) is 0 Å². The fraction of sp³-hybridized carbons (Fsp3) is 0.286. The van der Waals surface area contributed by atoms with Gasteiger partial charge in [0.05, 0.1) is 24.2 Å². The number of ether oxygens (including phenoxy) is 1. The normalized spacial score (nSPS) is 18.5. The summed E-state index contributed by atoms with van der Waals surface area (Å²) >= 11 is 0. The molecule has 138 valence electrons. The van der Waals surface area contributed by atoms with Gasteiger partial charge in [0.1, 0.15) is 5.75 Å². The number of rotatable bonds is 3. The summed E-state index contributed by atoms with van der Waals surface area (Å²) in [5, 5.41) is 6.15. The molecule has 0 N–H and O–H groups in total. The number of fused-ring (bicyclic) bond motifs is 3. The van der Waals surface area contributed by atoms with Crippen LogP contribution in [0.15, 0.2) is 53.6 Å². The summed E-state index contributed by atoms with van der Waals surface area (Å²) < 4.78 is 5.18. The number of hydrogen-bond acceptors (Lipinski definition) is 4. The van der Waals surface area contributed by atoms with Gasteiger partial charge in [-0.15, -0.1) is 0 Å². The Balaban J connectivity index is 1.77. The number of anilines is 2. The first kappa shape index (κ1) is 17.3. The van der Waals surface area contributed by atoms with E-state index in [9.17, 15) is 9.59 Å². The van der Waals surface area contributed by atoms with E-state index in [1.54, 1.807) is 12.0 Å². The van der Waals surface area contributed by atoms with Gasteiger partial charge in [0.2, 0.25) is 11.8 Å². The van der Waals surface area contributed by atoms with Gasteiger partial charge in [-0.1, -0.05) is 25.1 Å². The van der Waals surface area contributed by atoms with Crippen LogP contribution in [0.4, 0.5) is 11.4 Å². The van der Waals surface area contributed by atoms with E-state index < -0.39 is 0 Å². The van der Waals surface area contributed by atoms with Crippen LogP contribution < -0.4 is 14.6 Å². The standard InChI is InChI=1S/C21H21N3O3/c1-3-19(25)23-13-14-12-20(26)24(15-8-10-16(27-2)11-9-15)22-21(14)17-6-4-5-7-18(17)23/h4-11,14H,3,12-13H2,1-2H3. The van der Waals surface area contributed by atoms with Crippen molar-refractivity contribution in [1.82, 2.24) is 0 Å². The number of hydrogen-bond donors (Lipinski definition) is 0. The molecule has 0 saturated carbocycles. The molecule has 0 bridgehead atoms. The SMILES string of the molecule is CCC(=O)N1CC2CC(=O)N(c3ccc(OC)cc3)N=C2c2ccccc21. The maximum absolute atomic E-state index is 12.7. The molecule has 6 heteroatoms. The van der Waals surface area contributed by atoms with Crippen molar-refractivity contribution in [3.8, 4) is 5.75 Å². The zero-order chi connectivity index (χ0) is 19.0. The van der Waals surface area contributed by atoms with E-state index >= 15 is 0 Å². The highest BCUT2D eigenvalue weighted by atomic mass is 16.5. The zero-order valence-corrected chi connectivity index (χ0v) is 15.4. The number of methoxy groups -OCH3 is 1. The Morgan fingerprint density at radius 1 is 1.19 bits per heavy atom. The average Bonchev–Trinajstić information content (AvgIpc) is 2.72. The first-order chi connectivity index (χ1) is 13.1. The topological polar surface area (TPSA) is 62.2 Å². The highest BCUT2D eigenvalue weighted by Crippen LogP contribution is 2.36. The fourth-order valence-electron chi connectivity index (χ4n) is 3.66. The van der Waals surface area contributed by atoms with Gasteiger partial charge < -0.3 is 9.64 Å². The van der Waals surface area contributed by atoms with Crippen LogP contribution in [0.5, 0.6) is 5.75 Å². The fourth-order valence-corrected chi connectivity index (χ4v) is 3.66. The maximum atomic E-state index is 12.7. The predicted octanol–water partition coefficient (Wildman–Crippen LogP) is 3.21. The van der Waals surface area contributed by atoms with E-state index in [4.69, 9.17) is 9.84 Å². The summed E-state index contributed by atoms with van der Waals surface area (Å²) in [5.41, 5.74) is 3.35. The van der Waals surface area contributed by atoms with Crippen LogP contribution in [0, 0.1) is 5.92 Å². The van der Waals surface area contributed by atoms with Crippen molar-refractivity contribution in [2.24, 2.45) is 11.0 Å². The second-order valence-electron chi connectivity index (χ2n) is 6.66. The lowest BCUT2D eigenvalue weighted by Gasteiger charge is -2.38. The lowest BCUT2D eigenvalue weighted by molar-refractivity contribution is -0.120. The molecule has 0 aromatic heterocycles. The van der Waals surface area contributed by atoms with E-state index in [0.717, 1.165) is 22.7 Å². The molecule has 1 atom stereocenters. The van der Waals surface area contributed by atoms with Crippen molar-refractivity contribution in [3.05, 3.63) is 54.1 Å². The zero-order valence-electron chi connectivity index (χ0n) is 15.4. The van der Waals surface area contributed by atoms with Crippen LogP contribution in [-0.4, -0.2) is 31.2 Å². The van der Waals surface area contributed by atoms with Crippen molar-refractivity contribution < 1.29 is 14.3 Å². The van der Waals surface area contributed by atoms with Gasteiger partial charge in [-0.2, -0.15) is 5.10 Å². The molecule has 0 spiro atoms. The van der Waals surface area contributed by atoms with E-state index in [1.807, 2.05) is 55.5 Å². The minimum atomic E-state index is -0.0857. The van der Waals surface area contributed by atoms with Gasteiger partial charge in [0, 0.05) is 30.9 Å². The Kier molecular flexibility index (Phi) is 4.39. The summed E-state index contributed by atoms with van der Waals surface area (Å²) in [5.74, 6) is 0.631. The molecule has 2 aromatic carbocycles. The first-order valence-corrected chi connectivity index (χ1v) is 9.07. The molecule has 1 unspecified atom stereocenters. The molecular weight excluding hydrogens is 342 g/mol.